The lowest BCUT2D eigenvalue weighted by Crippen LogP contribution is -2.34. The lowest BCUT2D eigenvalue weighted by atomic mass is 9.88. The number of unbranched alkanes of at least 4 members (excludes halogenated alkanes) is 12. The first-order valence-corrected chi connectivity index (χ1v) is 20.3. The number of rotatable bonds is 27. The van der Waals surface area contributed by atoms with Crippen LogP contribution in [0.1, 0.15) is 145 Å². The van der Waals surface area contributed by atoms with Crippen LogP contribution in [0.15, 0.2) is 91.0 Å². The molecule has 0 aliphatic carbocycles. The van der Waals surface area contributed by atoms with Crippen molar-refractivity contribution >= 4 is 35.0 Å². The van der Waals surface area contributed by atoms with Crippen LogP contribution in [-0.4, -0.2) is 36.0 Å². The molecule has 2 amide bonds. The second-order valence-corrected chi connectivity index (χ2v) is 14.2. The number of amides is 2. The molecule has 1 unspecified atom stereocenters. The van der Waals surface area contributed by atoms with Crippen LogP contribution in [0.2, 0.25) is 0 Å². The average molecular weight is 721 g/mol. The molecule has 0 bridgehead atoms. The van der Waals surface area contributed by atoms with E-state index < -0.39 is 5.97 Å². The van der Waals surface area contributed by atoms with Crippen molar-refractivity contribution in [2.75, 3.05) is 13.1 Å². The number of nitrogens with one attached hydrogen (secondary N) is 2. The lowest BCUT2D eigenvalue weighted by Gasteiger charge is -2.16. The molecule has 0 radical (unpaired) electrons. The van der Waals surface area contributed by atoms with Gasteiger partial charge in [-0.3, -0.25) is 14.4 Å². The highest BCUT2D eigenvalue weighted by molar-refractivity contribution is 5.98. The largest absolute Gasteiger partial charge is 0.481 e. The summed E-state index contributed by atoms with van der Waals surface area (Å²) in [5.74, 6) is -1.44. The summed E-state index contributed by atoms with van der Waals surface area (Å²) < 4.78 is 0. The highest BCUT2D eigenvalue weighted by Gasteiger charge is 2.17. The Bertz CT molecular complexity index is 1530. The zero-order valence-electron chi connectivity index (χ0n) is 32.4. The fourth-order valence-electron chi connectivity index (χ4n) is 6.97. The molecule has 3 aromatic carbocycles. The minimum atomic E-state index is -0.864. The number of benzene rings is 3. The minimum absolute atomic E-state index is 0.00480. The molecule has 6 nitrogen and oxygen atoms in total. The van der Waals surface area contributed by atoms with Gasteiger partial charge < -0.3 is 15.7 Å². The van der Waals surface area contributed by atoms with Crippen molar-refractivity contribution in [1.82, 2.24) is 10.6 Å². The van der Waals surface area contributed by atoms with E-state index in [1.54, 1.807) is 6.08 Å². The lowest BCUT2D eigenvalue weighted by molar-refractivity contribution is -0.138. The van der Waals surface area contributed by atoms with Gasteiger partial charge in [0.25, 0.3) is 0 Å². The number of aliphatic carboxylic acids is 1. The van der Waals surface area contributed by atoms with Crippen molar-refractivity contribution in [3.63, 3.8) is 0 Å². The van der Waals surface area contributed by atoms with E-state index in [9.17, 15) is 19.5 Å². The van der Waals surface area contributed by atoms with Crippen molar-refractivity contribution in [3.05, 3.63) is 113 Å². The van der Waals surface area contributed by atoms with Gasteiger partial charge in [0.05, 0.1) is 0 Å². The van der Waals surface area contributed by atoms with E-state index in [1.807, 2.05) is 24.3 Å². The minimum Gasteiger partial charge on any atom is -0.481 e. The summed E-state index contributed by atoms with van der Waals surface area (Å²) in [5, 5.41) is 15.1. The normalized spacial score (nSPS) is 12.3. The molecule has 0 aliphatic rings. The van der Waals surface area contributed by atoms with E-state index in [0.717, 1.165) is 42.4 Å². The predicted octanol–water partition coefficient (Wildman–Crippen LogP) is 11.3. The maximum atomic E-state index is 12.6. The zero-order chi connectivity index (χ0) is 37.9. The van der Waals surface area contributed by atoms with Crippen LogP contribution >= 0.6 is 0 Å². The fraction of sp³-hybridized carbons (Fsp3) is 0.468. The van der Waals surface area contributed by atoms with Gasteiger partial charge >= 0.3 is 5.97 Å². The Hall–Kier alpha value is -4.45. The van der Waals surface area contributed by atoms with Crippen LogP contribution < -0.4 is 10.6 Å². The molecule has 0 saturated heterocycles. The molecule has 286 valence electrons. The van der Waals surface area contributed by atoms with Gasteiger partial charge in [0.15, 0.2) is 0 Å². The Balaban J connectivity index is 1.37. The number of allylic oxidation sites excluding steroid dienone is 1. The molecule has 0 aromatic heterocycles. The molecule has 0 spiro atoms. The summed E-state index contributed by atoms with van der Waals surface area (Å²) in [5.41, 5.74) is 6.87. The average Bonchev–Trinajstić information content (AvgIpc) is 3.17. The van der Waals surface area contributed by atoms with Gasteiger partial charge in [-0.2, -0.15) is 0 Å². The van der Waals surface area contributed by atoms with Crippen molar-refractivity contribution in [2.45, 2.75) is 123 Å². The van der Waals surface area contributed by atoms with Gasteiger partial charge in [-0.05, 0) is 58.2 Å². The van der Waals surface area contributed by atoms with E-state index in [2.05, 4.69) is 85.1 Å². The number of carboxylic acid groups (broad SMARTS) is 1. The first kappa shape index (κ1) is 43.0. The highest BCUT2D eigenvalue weighted by atomic mass is 16.4. The Labute approximate surface area is 319 Å². The van der Waals surface area contributed by atoms with Gasteiger partial charge in [0.2, 0.25) is 11.8 Å². The molecule has 3 aromatic rings. The second-order valence-electron chi connectivity index (χ2n) is 14.2. The Morgan fingerprint density at radius 3 is 1.66 bits per heavy atom. The van der Waals surface area contributed by atoms with Crippen molar-refractivity contribution < 1.29 is 19.5 Å². The molecule has 0 heterocycles. The molecule has 0 saturated carbocycles. The Morgan fingerprint density at radius 2 is 1.11 bits per heavy atom. The van der Waals surface area contributed by atoms with E-state index in [-0.39, 0.29) is 30.6 Å². The molecule has 0 aliphatic heterocycles. The summed E-state index contributed by atoms with van der Waals surface area (Å²) in [7, 11) is 0. The number of carbonyl (C=O) groups is 3. The maximum Gasteiger partial charge on any atom is 0.303 e. The summed E-state index contributed by atoms with van der Waals surface area (Å²) in [6, 6.07) is 29.2. The van der Waals surface area contributed by atoms with E-state index in [0.29, 0.717) is 13.1 Å². The zero-order valence-corrected chi connectivity index (χ0v) is 32.4. The molecular formula is C47H64N2O4. The van der Waals surface area contributed by atoms with Crippen molar-refractivity contribution in [3.8, 4) is 0 Å². The van der Waals surface area contributed by atoms with Crippen LogP contribution in [0.25, 0.3) is 17.2 Å². The standard InChI is InChI=1S/C47H64N2O4/c1-3-5-6-7-8-9-10-11-12-13-14-15-18-23-39(37-46(52)53)36-45(51)49-35-34-48-44(50)33-30-38-28-31-42(32-29-38)47(41-26-21-17-22-27-41)43(4-2)40-24-19-16-20-25-40/h16-17,19-22,24-33,39H,3-15,18,23,34-37H2,1-2H3,(H,48,50)(H,49,51)(H,52,53)/b33-30+,47-43-. The monoisotopic (exact) mass is 720 g/mol. The predicted molar refractivity (Wildman–Crippen MR) is 221 cm³/mol. The fourth-order valence-corrected chi connectivity index (χ4v) is 6.97. The summed E-state index contributed by atoms with van der Waals surface area (Å²) >= 11 is 0. The number of carboxylic acids is 1. The first-order valence-electron chi connectivity index (χ1n) is 20.3. The summed E-state index contributed by atoms with van der Waals surface area (Å²) in [6.45, 7) is 5.02. The van der Waals surface area contributed by atoms with Crippen LogP contribution in [0.4, 0.5) is 0 Å². The molecule has 1 atom stereocenters. The molecule has 3 rings (SSSR count). The van der Waals surface area contributed by atoms with Gasteiger partial charge in [0.1, 0.15) is 0 Å². The van der Waals surface area contributed by atoms with E-state index in [1.165, 1.54) is 93.4 Å². The third-order valence-corrected chi connectivity index (χ3v) is 9.87. The third kappa shape index (κ3) is 17.8. The van der Waals surface area contributed by atoms with Gasteiger partial charge in [-0.15, -0.1) is 0 Å². The van der Waals surface area contributed by atoms with Crippen LogP contribution in [0.5, 0.6) is 0 Å². The molecule has 53 heavy (non-hydrogen) atoms. The molecule has 0 fully saturated rings. The van der Waals surface area contributed by atoms with Crippen LogP contribution in [-0.2, 0) is 14.4 Å². The SMILES string of the molecule is CCCCCCCCCCCCCCCC(CC(=O)O)CC(=O)NCCNC(=O)/C=C/c1ccc(/C(=C(/CC)c2ccccc2)c2ccccc2)cc1. The van der Waals surface area contributed by atoms with Crippen LogP contribution in [0, 0.1) is 5.92 Å². The summed E-state index contributed by atoms with van der Waals surface area (Å²) in [6.07, 6.45) is 21.6. The van der Waals surface area contributed by atoms with Crippen LogP contribution in [0.3, 0.4) is 0 Å². The first-order chi connectivity index (χ1) is 25.9. The second kappa shape index (κ2) is 26.3. The van der Waals surface area contributed by atoms with E-state index in [4.69, 9.17) is 0 Å². The van der Waals surface area contributed by atoms with Gasteiger partial charge in [-0.1, -0.05) is 182 Å². The van der Waals surface area contributed by atoms with E-state index >= 15 is 0 Å². The highest BCUT2D eigenvalue weighted by Crippen LogP contribution is 2.34. The summed E-state index contributed by atoms with van der Waals surface area (Å²) in [4.78, 5) is 36.6. The maximum absolute atomic E-state index is 12.6. The Kier molecular flexibility index (Phi) is 21.3. The number of hydrogen-bond donors (Lipinski definition) is 3. The number of hydrogen-bond acceptors (Lipinski definition) is 3. The van der Waals surface area contributed by atoms with Crippen molar-refractivity contribution in [2.24, 2.45) is 5.92 Å². The molecule has 6 heteroatoms. The molecule has 3 N–H and O–H groups in total. The topological polar surface area (TPSA) is 95.5 Å². The van der Waals surface area contributed by atoms with Crippen molar-refractivity contribution in [1.29, 1.82) is 0 Å². The Morgan fingerprint density at radius 1 is 0.604 bits per heavy atom. The quantitative estimate of drug-likeness (QED) is 0.0415. The smallest absolute Gasteiger partial charge is 0.303 e. The van der Waals surface area contributed by atoms with Gasteiger partial charge in [0, 0.05) is 32.0 Å². The third-order valence-electron chi connectivity index (χ3n) is 9.87. The number of carbonyl (C=O) groups excluding carboxylic acids is 2. The van der Waals surface area contributed by atoms with Gasteiger partial charge in [-0.25, -0.2) is 0 Å². The molecular weight excluding hydrogens is 657 g/mol.